The van der Waals surface area contributed by atoms with Gasteiger partial charge in [0, 0.05) is 5.56 Å². The van der Waals surface area contributed by atoms with Crippen LogP contribution in [0.1, 0.15) is 42.2 Å². The summed E-state index contributed by atoms with van der Waals surface area (Å²) in [5, 5.41) is 8.07. The molecule has 3 rings (SSSR count). The van der Waals surface area contributed by atoms with Gasteiger partial charge in [-0.25, -0.2) is 15.0 Å². The van der Waals surface area contributed by atoms with Gasteiger partial charge in [0.05, 0.1) is 43.5 Å². The highest BCUT2D eigenvalue weighted by atomic mass is 32.3. The lowest BCUT2D eigenvalue weighted by Crippen LogP contribution is -2.17. The summed E-state index contributed by atoms with van der Waals surface area (Å²) in [6.45, 7) is 0. The maximum absolute atomic E-state index is 12.3. The van der Waals surface area contributed by atoms with Crippen molar-refractivity contribution < 1.29 is 41.4 Å². The number of ether oxygens (including phenoxy) is 2. The van der Waals surface area contributed by atoms with Gasteiger partial charge in [0.2, 0.25) is 0 Å². The predicted octanol–water partition coefficient (Wildman–Crippen LogP) is 2.82. The van der Waals surface area contributed by atoms with Crippen LogP contribution in [-0.4, -0.2) is 62.0 Å². The molecule has 0 fully saturated rings. The van der Waals surface area contributed by atoms with Crippen molar-refractivity contribution >= 4 is 46.4 Å². The first-order valence-electron chi connectivity index (χ1n) is 10.8. The lowest BCUT2D eigenvalue weighted by atomic mass is 10.1. The molecule has 204 valence electrons. The van der Waals surface area contributed by atoms with Crippen LogP contribution in [0.4, 0.5) is 5.69 Å². The fourth-order valence-corrected chi connectivity index (χ4v) is 2.75. The van der Waals surface area contributed by atoms with Crippen LogP contribution in [0, 0.1) is 0 Å². The van der Waals surface area contributed by atoms with Gasteiger partial charge in [-0.15, -0.1) is 0 Å². The Morgan fingerprint density at radius 1 is 0.692 bits per heavy atom. The van der Waals surface area contributed by atoms with Crippen LogP contribution in [-0.2, 0) is 19.9 Å². The zero-order valence-electron chi connectivity index (χ0n) is 20.6. The van der Waals surface area contributed by atoms with Gasteiger partial charge in [0.25, 0.3) is 5.91 Å². The molecular formula is C25H24N4O9S. The van der Waals surface area contributed by atoms with Gasteiger partial charge < -0.3 is 9.47 Å². The summed E-state index contributed by atoms with van der Waals surface area (Å²) in [5.74, 6) is -1.19. The minimum atomic E-state index is -4.67. The molecule has 0 unspecified atom stereocenters. The van der Waals surface area contributed by atoms with E-state index in [1.165, 1.54) is 20.4 Å². The quantitative estimate of drug-likeness (QED) is 0.139. The molecule has 13 nitrogen and oxygen atoms in total. The summed E-state index contributed by atoms with van der Waals surface area (Å²) in [4.78, 5) is 35.1. The zero-order chi connectivity index (χ0) is 28.8. The number of carbonyl (C=O) groups is 3. The van der Waals surface area contributed by atoms with Crippen molar-refractivity contribution in [3.63, 3.8) is 0 Å². The van der Waals surface area contributed by atoms with Gasteiger partial charge in [-0.05, 0) is 59.7 Å². The molecule has 0 aliphatic rings. The molecule has 0 bridgehead atoms. The maximum atomic E-state index is 12.3. The summed E-state index contributed by atoms with van der Waals surface area (Å²) >= 11 is 0. The molecular weight excluding hydrogens is 532 g/mol. The first-order valence-corrected chi connectivity index (χ1v) is 12.2. The molecule has 0 aromatic heterocycles. The molecule has 0 radical (unpaired) electrons. The Labute approximate surface area is 223 Å². The number of nitrogens with zero attached hydrogens (tertiary/aromatic N) is 2. The van der Waals surface area contributed by atoms with E-state index in [-0.39, 0.29) is 5.91 Å². The molecule has 39 heavy (non-hydrogen) atoms. The van der Waals surface area contributed by atoms with E-state index < -0.39 is 22.3 Å². The predicted molar refractivity (Wildman–Crippen MR) is 142 cm³/mol. The largest absolute Gasteiger partial charge is 0.465 e. The van der Waals surface area contributed by atoms with Gasteiger partial charge in [0.15, 0.2) is 0 Å². The summed E-state index contributed by atoms with van der Waals surface area (Å²) < 4.78 is 40.9. The van der Waals surface area contributed by atoms with E-state index in [4.69, 9.17) is 17.5 Å². The molecule has 14 heteroatoms. The van der Waals surface area contributed by atoms with Crippen LogP contribution in [0.5, 0.6) is 0 Å². The fourth-order valence-electron chi connectivity index (χ4n) is 2.75. The number of benzene rings is 3. The second-order valence-corrected chi connectivity index (χ2v) is 8.22. The van der Waals surface area contributed by atoms with Crippen molar-refractivity contribution in [3.05, 3.63) is 101 Å². The summed E-state index contributed by atoms with van der Waals surface area (Å²) in [6, 6.07) is 20.1. The van der Waals surface area contributed by atoms with Crippen molar-refractivity contribution in [3.8, 4) is 0 Å². The highest BCUT2D eigenvalue weighted by Gasteiger charge is 2.06. The summed E-state index contributed by atoms with van der Waals surface area (Å²) in [6.07, 6.45) is 3.08. The second-order valence-electron chi connectivity index (χ2n) is 7.32. The number of anilines is 1. The van der Waals surface area contributed by atoms with Crippen molar-refractivity contribution in [2.45, 2.75) is 0 Å². The molecule has 0 atom stereocenters. The monoisotopic (exact) mass is 556 g/mol. The number of nitrogens with one attached hydrogen (secondary N) is 2. The SMILES string of the molecule is COC(=O)c1ccc(C=NNC(=O)c2ccc(NN=Cc3ccc(C(=O)OC)cc3)cc2)cc1.O=S(=O)(O)O. The van der Waals surface area contributed by atoms with Crippen molar-refractivity contribution in [1.29, 1.82) is 0 Å². The molecule has 4 N–H and O–H groups in total. The molecule has 3 aromatic carbocycles. The third-order valence-corrected chi connectivity index (χ3v) is 4.60. The lowest BCUT2D eigenvalue weighted by Gasteiger charge is -2.03. The van der Waals surface area contributed by atoms with Crippen LogP contribution in [0.15, 0.2) is 83.0 Å². The van der Waals surface area contributed by atoms with Crippen LogP contribution in [0.2, 0.25) is 0 Å². The highest BCUT2D eigenvalue weighted by molar-refractivity contribution is 7.79. The topological polar surface area (TPSA) is 193 Å². The van der Waals surface area contributed by atoms with Crippen molar-refractivity contribution in [1.82, 2.24) is 5.43 Å². The van der Waals surface area contributed by atoms with Crippen LogP contribution in [0.25, 0.3) is 0 Å². The smallest absolute Gasteiger partial charge is 0.394 e. The average molecular weight is 557 g/mol. The van der Waals surface area contributed by atoms with Gasteiger partial charge in [-0.2, -0.15) is 18.6 Å². The third kappa shape index (κ3) is 11.3. The minimum Gasteiger partial charge on any atom is -0.465 e. The number of rotatable bonds is 8. The normalized spacial score (nSPS) is 10.9. The van der Waals surface area contributed by atoms with E-state index in [1.54, 1.807) is 79.0 Å². The molecule has 1 amide bonds. The summed E-state index contributed by atoms with van der Waals surface area (Å²) in [7, 11) is -2.02. The third-order valence-electron chi connectivity index (χ3n) is 4.60. The number of methoxy groups -OCH3 is 2. The van der Waals surface area contributed by atoms with E-state index in [9.17, 15) is 14.4 Å². The van der Waals surface area contributed by atoms with E-state index in [0.717, 1.165) is 5.56 Å². The van der Waals surface area contributed by atoms with E-state index >= 15 is 0 Å². The van der Waals surface area contributed by atoms with Gasteiger partial charge in [0.1, 0.15) is 0 Å². The zero-order valence-corrected chi connectivity index (χ0v) is 21.5. The number of esters is 2. The Bertz CT molecular complexity index is 1430. The van der Waals surface area contributed by atoms with Crippen molar-refractivity contribution in [2.24, 2.45) is 10.2 Å². The number of carbonyl (C=O) groups excluding carboxylic acids is 3. The Kier molecular flexibility index (Phi) is 11.4. The Hall–Kier alpha value is -4.92. The van der Waals surface area contributed by atoms with Gasteiger partial charge in [-0.3, -0.25) is 19.3 Å². The molecule has 0 saturated heterocycles. The van der Waals surface area contributed by atoms with Crippen LogP contribution in [0.3, 0.4) is 0 Å². The number of amides is 1. The lowest BCUT2D eigenvalue weighted by molar-refractivity contribution is 0.0592. The Morgan fingerprint density at radius 2 is 1.08 bits per heavy atom. The molecule has 0 saturated carbocycles. The Morgan fingerprint density at radius 3 is 1.49 bits per heavy atom. The molecule has 0 heterocycles. The van der Waals surface area contributed by atoms with Crippen LogP contribution < -0.4 is 10.9 Å². The summed E-state index contributed by atoms with van der Waals surface area (Å²) in [5.41, 5.74) is 8.84. The van der Waals surface area contributed by atoms with E-state index in [2.05, 4.69) is 30.5 Å². The Balaban J connectivity index is 0.000000976. The first kappa shape index (κ1) is 30.3. The standard InChI is InChI=1S/C25H22N4O5.H2O4S/c1-33-24(31)20-7-3-17(4-8-20)15-26-28-22-13-11-19(12-14-22)23(30)29-27-16-18-5-9-21(10-6-18)25(32)34-2;1-5(2,3)4/h3-16,28H,1-2H3,(H,29,30);(H2,1,2,3,4). The number of hydrogen-bond donors (Lipinski definition) is 4. The van der Waals surface area contributed by atoms with Crippen LogP contribution >= 0.6 is 0 Å². The number of hydrazone groups is 2. The van der Waals surface area contributed by atoms with Gasteiger partial charge >= 0.3 is 22.3 Å². The number of hydrogen-bond acceptors (Lipinski definition) is 10. The molecule has 0 aliphatic heterocycles. The maximum Gasteiger partial charge on any atom is 0.394 e. The molecule has 0 spiro atoms. The average Bonchev–Trinajstić information content (AvgIpc) is 2.92. The second kappa shape index (κ2) is 14.7. The van der Waals surface area contributed by atoms with Crippen molar-refractivity contribution in [2.75, 3.05) is 19.6 Å². The minimum absolute atomic E-state index is 0.372. The first-order chi connectivity index (χ1) is 18.5. The molecule has 3 aromatic rings. The molecule has 0 aliphatic carbocycles. The van der Waals surface area contributed by atoms with E-state index in [1.807, 2.05) is 0 Å². The fraction of sp³-hybridized carbons (Fsp3) is 0.0800. The van der Waals surface area contributed by atoms with Gasteiger partial charge in [-0.1, -0.05) is 24.3 Å². The van der Waals surface area contributed by atoms with E-state index in [0.29, 0.717) is 27.9 Å². The highest BCUT2D eigenvalue weighted by Crippen LogP contribution is 2.10.